The predicted molar refractivity (Wildman–Crippen MR) is 106 cm³/mol. The molecule has 1 aromatic heterocycles. The summed E-state index contributed by atoms with van der Waals surface area (Å²) in [5.41, 5.74) is 0.815. The number of hydrogen-bond acceptors (Lipinski definition) is 7. The van der Waals surface area contributed by atoms with E-state index in [9.17, 15) is 4.79 Å². The van der Waals surface area contributed by atoms with Gasteiger partial charge < -0.3 is 24.1 Å². The minimum atomic E-state index is -0.0761. The van der Waals surface area contributed by atoms with Gasteiger partial charge in [-0.15, -0.1) is 10.2 Å². The number of methoxy groups -OCH3 is 3. The number of amides is 1. The van der Waals surface area contributed by atoms with Crippen LogP contribution in [0.2, 0.25) is 0 Å². The molecule has 0 atom stereocenters. The van der Waals surface area contributed by atoms with E-state index >= 15 is 0 Å². The van der Waals surface area contributed by atoms with Gasteiger partial charge in [-0.3, -0.25) is 4.79 Å². The van der Waals surface area contributed by atoms with Crippen LogP contribution in [-0.2, 0) is 24.3 Å². The zero-order valence-corrected chi connectivity index (χ0v) is 17.3. The van der Waals surface area contributed by atoms with E-state index in [1.54, 1.807) is 27.4 Å². The van der Waals surface area contributed by atoms with E-state index < -0.39 is 0 Å². The van der Waals surface area contributed by atoms with Crippen molar-refractivity contribution in [1.82, 2.24) is 20.1 Å². The van der Waals surface area contributed by atoms with Crippen LogP contribution in [0.1, 0.15) is 30.7 Å². The summed E-state index contributed by atoms with van der Waals surface area (Å²) < 4.78 is 18.2. The minimum absolute atomic E-state index is 0.0761. The molecular weight excluding hydrogens is 380 g/mol. The average Bonchev–Trinajstić information content (AvgIpc) is 2.95. The van der Waals surface area contributed by atoms with E-state index in [2.05, 4.69) is 20.1 Å². The summed E-state index contributed by atoms with van der Waals surface area (Å²) in [6, 6.07) is 3.56. The van der Waals surface area contributed by atoms with Gasteiger partial charge in [0.2, 0.25) is 5.91 Å². The smallest absolute Gasteiger partial charge is 0.230 e. The van der Waals surface area contributed by atoms with Crippen LogP contribution in [0.25, 0.3) is 0 Å². The maximum atomic E-state index is 12.3. The largest absolute Gasteiger partial charge is 0.496 e. The van der Waals surface area contributed by atoms with Crippen molar-refractivity contribution in [3.63, 3.8) is 0 Å². The molecule has 0 unspecified atom stereocenters. The van der Waals surface area contributed by atoms with Crippen LogP contribution in [0.4, 0.5) is 0 Å². The first-order valence-corrected chi connectivity index (χ1v) is 10.2. The van der Waals surface area contributed by atoms with Crippen LogP contribution in [0, 0.1) is 0 Å². The fourth-order valence-electron chi connectivity index (χ4n) is 3.17. The molecule has 152 valence electrons. The van der Waals surface area contributed by atoms with E-state index in [4.69, 9.17) is 14.2 Å². The first kappa shape index (κ1) is 20.3. The van der Waals surface area contributed by atoms with Crippen molar-refractivity contribution in [2.24, 2.45) is 0 Å². The predicted octanol–water partition coefficient (Wildman–Crippen LogP) is 2.44. The van der Waals surface area contributed by atoms with Crippen molar-refractivity contribution in [3.8, 4) is 17.2 Å². The van der Waals surface area contributed by atoms with Gasteiger partial charge in [0, 0.05) is 31.1 Å². The molecule has 3 rings (SSSR count). The Labute approximate surface area is 168 Å². The molecule has 0 radical (unpaired) electrons. The molecule has 1 N–H and O–H groups in total. The van der Waals surface area contributed by atoms with Crippen molar-refractivity contribution in [2.45, 2.75) is 43.9 Å². The highest BCUT2D eigenvalue weighted by atomic mass is 32.2. The molecule has 8 nitrogen and oxygen atoms in total. The second-order valence-corrected chi connectivity index (χ2v) is 7.39. The summed E-state index contributed by atoms with van der Waals surface area (Å²) in [6.07, 6.45) is 4.44. The Morgan fingerprint density at radius 3 is 2.57 bits per heavy atom. The van der Waals surface area contributed by atoms with Crippen molar-refractivity contribution < 1.29 is 19.0 Å². The molecule has 0 saturated heterocycles. The highest BCUT2D eigenvalue weighted by molar-refractivity contribution is 7.99. The number of benzene rings is 1. The first-order chi connectivity index (χ1) is 13.7. The molecule has 0 spiro atoms. The number of nitrogens with one attached hydrogen (secondary N) is 1. The SMILES string of the molecule is COc1cc(OC)c(OC)cc1CNC(=O)CSc1nnc2n1CCCCC2. The van der Waals surface area contributed by atoms with E-state index in [-0.39, 0.29) is 11.7 Å². The van der Waals surface area contributed by atoms with Crippen LogP contribution in [-0.4, -0.2) is 47.8 Å². The van der Waals surface area contributed by atoms with Crippen molar-refractivity contribution in [2.75, 3.05) is 27.1 Å². The summed E-state index contributed by atoms with van der Waals surface area (Å²) >= 11 is 1.42. The van der Waals surface area contributed by atoms with Crippen LogP contribution in [0.15, 0.2) is 17.3 Å². The van der Waals surface area contributed by atoms with E-state index in [1.807, 2.05) is 6.07 Å². The number of carbonyl (C=O) groups excluding carboxylic acids is 1. The topological polar surface area (TPSA) is 87.5 Å². The lowest BCUT2D eigenvalue weighted by atomic mass is 10.1. The average molecular weight is 407 g/mol. The summed E-state index contributed by atoms with van der Waals surface area (Å²) in [5, 5.41) is 12.2. The fraction of sp³-hybridized carbons (Fsp3) is 0.526. The van der Waals surface area contributed by atoms with Crippen LogP contribution in [0.3, 0.4) is 0 Å². The van der Waals surface area contributed by atoms with Gasteiger partial charge in [0.15, 0.2) is 16.7 Å². The number of aromatic nitrogens is 3. The Morgan fingerprint density at radius 1 is 1.07 bits per heavy atom. The molecule has 0 fully saturated rings. The van der Waals surface area contributed by atoms with Crippen molar-refractivity contribution in [1.29, 1.82) is 0 Å². The normalized spacial score (nSPS) is 13.4. The van der Waals surface area contributed by atoms with Crippen LogP contribution in [0.5, 0.6) is 17.2 Å². The molecule has 0 saturated carbocycles. The number of fused-ring (bicyclic) bond motifs is 1. The highest BCUT2D eigenvalue weighted by Crippen LogP contribution is 2.34. The number of hydrogen-bond donors (Lipinski definition) is 1. The lowest BCUT2D eigenvalue weighted by molar-refractivity contribution is -0.118. The Kier molecular flexibility index (Phi) is 7.02. The molecule has 1 amide bonds. The zero-order valence-electron chi connectivity index (χ0n) is 16.5. The van der Waals surface area contributed by atoms with Crippen molar-refractivity contribution in [3.05, 3.63) is 23.5 Å². The standard InChI is InChI=1S/C19H26N4O4S/c1-25-14-10-16(27-3)15(26-2)9-13(14)11-20-18(24)12-28-19-22-21-17-7-5-4-6-8-23(17)19/h9-10H,4-8,11-12H2,1-3H3,(H,20,24). The molecule has 28 heavy (non-hydrogen) atoms. The summed E-state index contributed by atoms with van der Waals surface area (Å²) in [5.74, 6) is 3.04. The van der Waals surface area contributed by atoms with Gasteiger partial charge in [-0.25, -0.2) is 0 Å². The lowest BCUT2D eigenvalue weighted by Crippen LogP contribution is -2.25. The van der Waals surface area contributed by atoms with Gasteiger partial charge in [-0.2, -0.15) is 0 Å². The second kappa shape index (κ2) is 9.68. The van der Waals surface area contributed by atoms with Crippen molar-refractivity contribution >= 4 is 17.7 Å². The van der Waals surface area contributed by atoms with Gasteiger partial charge in [-0.05, 0) is 18.9 Å². The fourth-order valence-corrected chi connectivity index (χ4v) is 3.98. The quantitative estimate of drug-likeness (QED) is 0.674. The Balaban J connectivity index is 1.58. The van der Waals surface area contributed by atoms with E-state index in [1.165, 1.54) is 18.2 Å². The number of rotatable bonds is 8. The summed E-state index contributed by atoms with van der Waals surface area (Å²) in [7, 11) is 4.73. The highest BCUT2D eigenvalue weighted by Gasteiger charge is 2.17. The monoisotopic (exact) mass is 406 g/mol. The molecule has 2 heterocycles. The third-order valence-corrected chi connectivity index (χ3v) is 5.64. The van der Waals surface area contributed by atoms with Crippen LogP contribution >= 0.6 is 11.8 Å². The molecule has 0 bridgehead atoms. The number of carbonyl (C=O) groups is 1. The Hall–Kier alpha value is -2.42. The van der Waals surface area contributed by atoms with Gasteiger partial charge >= 0.3 is 0 Å². The molecule has 1 aliphatic rings. The van der Waals surface area contributed by atoms with Gasteiger partial charge in [0.1, 0.15) is 11.6 Å². The Morgan fingerprint density at radius 2 is 1.82 bits per heavy atom. The number of thioether (sulfide) groups is 1. The lowest BCUT2D eigenvalue weighted by Gasteiger charge is -2.14. The number of aryl methyl sites for hydroxylation is 1. The number of nitrogens with zero attached hydrogens (tertiary/aromatic N) is 3. The Bertz CT molecular complexity index is 825. The molecule has 9 heteroatoms. The van der Waals surface area contributed by atoms with E-state index in [0.29, 0.717) is 23.8 Å². The summed E-state index contributed by atoms with van der Waals surface area (Å²) in [6.45, 7) is 1.26. The molecular formula is C19H26N4O4S. The maximum Gasteiger partial charge on any atom is 0.230 e. The first-order valence-electron chi connectivity index (χ1n) is 9.26. The van der Waals surface area contributed by atoms with Crippen LogP contribution < -0.4 is 19.5 Å². The third-order valence-electron chi connectivity index (χ3n) is 4.67. The number of ether oxygens (including phenoxy) is 3. The third kappa shape index (κ3) is 4.70. The summed E-state index contributed by atoms with van der Waals surface area (Å²) in [4.78, 5) is 12.3. The van der Waals surface area contributed by atoms with E-state index in [0.717, 1.165) is 42.4 Å². The second-order valence-electron chi connectivity index (χ2n) is 6.45. The molecule has 1 aromatic carbocycles. The zero-order chi connectivity index (χ0) is 19.9. The molecule has 1 aliphatic heterocycles. The van der Waals surface area contributed by atoms with Gasteiger partial charge in [0.05, 0.1) is 27.1 Å². The molecule has 0 aliphatic carbocycles. The minimum Gasteiger partial charge on any atom is -0.496 e. The van der Waals surface area contributed by atoms with Gasteiger partial charge in [0.25, 0.3) is 0 Å². The maximum absolute atomic E-state index is 12.3. The molecule has 2 aromatic rings. The van der Waals surface area contributed by atoms with Gasteiger partial charge in [-0.1, -0.05) is 18.2 Å².